The SMILES string of the molecule is C[N+](C)(C)CCCCCC[N+](C)(C)C.O=S(=O)(O)CC(O)CNC1CCCCC1. The second kappa shape index (κ2) is 13.9. The molecule has 1 atom stereocenters. The number of aliphatic hydroxyl groups excluding tert-OH is 1. The summed E-state index contributed by atoms with van der Waals surface area (Å²) in [6, 6.07) is 0.384. The average molecular weight is 440 g/mol. The van der Waals surface area contributed by atoms with Crippen LogP contribution in [-0.2, 0) is 10.1 Å². The summed E-state index contributed by atoms with van der Waals surface area (Å²) >= 11 is 0. The van der Waals surface area contributed by atoms with Crippen LogP contribution in [0.1, 0.15) is 57.8 Å². The molecule has 0 aromatic rings. The van der Waals surface area contributed by atoms with Crippen molar-refractivity contribution in [3.05, 3.63) is 0 Å². The van der Waals surface area contributed by atoms with Gasteiger partial charge >= 0.3 is 0 Å². The number of quaternary nitrogens is 2. The van der Waals surface area contributed by atoms with E-state index in [1.54, 1.807) is 0 Å². The highest BCUT2D eigenvalue weighted by molar-refractivity contribution is 7.85. The maximum absolute atomic E-state index is 10.5. The van der Waals surface area contributed by atoms with Crippen LogP contribution in [0.2, 0.25) is 0 Å². The van der Waals surface area contributed by atoms with Crippen molar-refractivity contribution < 1.29 is 27.0 Å². The standard InChI is InChI=1S/C12H30N2.C9H19NO4S/c1-13(2,3)11-9-7-8-10-12-14(4,5)6;11-9(7-15(12,13)14)6-10-8-4-2-1-3-5-8/h7-12H2,1-6H3;8-11H,1-7H2,(H,12,13,14)/q+2;. The number of aliphatic hydroxyl groups is 1. The summed E-state index contributed by atoms with van der Waals surface area (Å²) < 4.78 is 31.6. The number of hydrogen-bond donors (Lipinski definition) is 3. The quantitative estimate of drug-likeness (QED) is 0.246. The third-order valence-corrected chi connectivity index (χ3v) is 5.86. The van der Waals surface area contributed by atoms with E-state index in [1.165, 1.54) is 58.0 Å². The van der Waals surface area contributed by atoms with Gasteiger partial charge in [-0.25, -0.2) is 0 Å². The minimum absolute atomic E-state index is 0.227. The van der Waals surface area contributed by atoms with E-state index in [0.717, 1.165) is 21.8 Å². The molecular formula is C21H49N3O4S+2. The van der Waals surface area contributed by atoms with Crippen molar-refractivity contribution in [1.82, 2.24) is 5.32 Å². The highest BCUT2D eigenvalue weighted by Crippen LogP contribution is 2.17. The van der Waals surface area contributed by atoms with Crippen LogP contribution in [0.4, 0.5) is 0 Å². The molecule has 1 saturated carbocycles. The molecule has 1 aliphatic carbocycles. The Kier molecular flexibility index (Phi) is 13.8. The molecule has 3 N–H and O–H groups in total. The van der Waals surface area contributed by atoms with E-state index in [4.69, 9.17) is 4.55 Å². The molecule has 0 aliphatic heterocycles. The van der Waals surface area contributed by atoms with Gasteiger partial charge in [0.05, 0.1) is 61.5 Å². The van der Waals surface area contributed by atoms with E-state index < -0.39 is 22.0 Å². The number of hydrogen-bond acceptors (Lipinski definition) is 4. The monoisotopic (exact) mass is 439 g/mol. The zero-order valence-corrected chi connectivity index (χ0v) is 20.7. The molecule has 0 heterocycles. The van der Waals surface area contributed by atoms with E-state index >= 15 is 0 Å². The van der Waals surface area contributed by atoms with Crippen LogP contribution < -0.4 is 5.32 Å². The Morgan fingerprint density at radius 3 is 1.69 bits per heavy atom. The normalized spacial score (nSPS) is 17.5. The lowest BCUT2D eigenvalue weighted by atomic mass is 9.95. The Labute approximate surface area is 180 Å². The van der Waals surface area contributed by atoms with Crippen LogP contribution in [0.25, 0.3) is 0 Å². The molecule has 0 bridgehead atoms. The predicted molar refractivity (Wildman–Crippen MR) is 122 cm³/mol. The molecule has 1 unspecified atom stereocenters. The van der Waals surface area contributed by atoms with Crippen LogP contribution in [0.5, 0.6) is 0 Å². The van der Waals surface area contributed by atoms with Crippen LogP contribution >= 0.6 is 0 Å². The Balaban J connectivity index is 0.000000543. The van der Waals surface area contributed by atoms with Crippen LogP contribution in [0, 0.1) is 0 Å². The van der Waals surface area contributed by atoms with Gasteiger partial charge in [-0.2, -0.15) is 8.42 Å². The van der Waals surface area contributed by atoms with Gasteiger partial charge in [0.15, 0.2) is 0 Å². The predicted octanol–water partition coefficient (Wildman–Crippen LogP) is 2.12. The maximum Gasteiger partial charge on any atom is 0.267 e. The van der Waals surface area contributed by atoms with E-state index in [1.807, 2.05) is 0 Å². The molecule has 0 saturated heterocycles. The molecule has 176 valence electrons. The number of nitrogens with zero attached hydrogens (tertiary/aromatic N) is 2. The minimum Gasteiger partial charge on any atom is -0.391 e. The topological polar surface area (TPSA) is 86.6 Å². The number of nitrogens with one attached hydrogen (secondary N) is 1. The molecule has 8 heteroatoms. The van der Waals surface area contributed by atoms with Crippen molar-refractivity contribution in [2.45, 2.75) is 69.9 Å². The summed E-state index contributed by atoms with van der Waals surface area (Å²) in [6.07, 6.45) is 10.3. The second-order valence-corrected chi connectivity index (χ2v) is 12.1. The van der Waals surface area contributed by atoms with Gasteiger partial charge in [0, 0.05) is 12.6 Å². The third-order valence-electron chi connectivity index (χ3n) is 5.06. The van der Waals surface area contributed by atoms with Crippen LogP contribution in [0.3, 0.4) is 0 Å². The fraction of sp³-hybridized carbons (Fsp3) is 1.00. The van der Waals surface area contributed by atoms with Gasteiger partial charge in [-0.05, 0) is 38.5 Å². The Morgan fingerprint density at radius 1 is 0.862 bits per heavy atom. The smallest absolute Gasteiger partial charge is 0.267 e. The zero-order valence-electron chi connectivity index (χ0n) is 19.9. The minimum atomic E-state index is -4.07. The lowest BCUT2D eigenvalue weighted by molar-refractivity contribution is -0.871. The molecule has 7 nitrogen and oxygen atoms in total. The Hall–Kier alpha value is -0.250. The van der Waals surface area contributed by atoms with E-state index in [0.29, 0.717) is 6.04 Å². The van der Waals surface area contributed by atoms with Gasteiger partial charge in [-0.15, -0.1) is 0 Å². The molecule has 0 aromatic heterocycles. The van der Waals surface area contributed by atoms with Crippen LogP contribution in [0.15, 0.2) is 0 Å². The summed E-state index contributed by atoms with van der Waals surface area (Å²) in [5.74, 6) is -0.591. The van der Waals surface area contributed by atoms with Crippen molar-refractivity contribution >= 4 is 10.1 Å². The van der Waals surface area contributed by atoms with Gasteiger partial charge in [-0.1, -0.05) is 19.3 Å². The lowest BCUT2D eigenvalue weighted by Crippen LogP contribution is -2.39. The van der Waals surface area contributed by atoms with Crippen molar-refractivity contribution in [1.29, 1.82) is 0 Å². The third kappa shape index (κ3) is 22.3. The highest BCUT2D eigenvalue weighted by atomic mass is 32.2. The fourth-order valence-electron chi connectivity index (χ4n) is 3.44. The molecular weight excluding hydrogens is 390 g/mol. The molecule has 1 fully saturated rings. The summed E-state index contributed by atoms with van der Waals surface area (Å²) in [5, 5.41) is 12.4. The summed E-state index contributed by atoms with van der Waals surface area (Å²) in [5.41, 5.74) is 0. The van der Waals surface area contributed by atoms with E-state index in [9.17, 15) is 13.5 Å². The summed E-state index contributed by atoms with van der Waals surface area (Å²) in [7, 11) is 9.55. The van der Waals surface area contributed by atoms with Gasteiger partial charge in [0.2, 0.25) is 0 Å². The first-order valence-corrected chi connectivity index (χ1v) is 12.8. The number of rotatable bonds is 12. The molecule has 29 heavy (non-hydrogen) atoms. The van der Waals surface area contributed by atoms with E-state index in [-0.39, 0.29) is 6.54 Å². The Bertz CT molecular complexity index is 489. The highest BCUT2D eigenvalue weighted by Gasteiger charge is 2.17. The van der Waals surface area contributed by atoms with Crippen molar-refractivity contribution in [2.75, 3.05) is 67.7 Å². The molecule has 0 radical (unpaired) electrons. The molecule has 1 aliphatic rings. The van der Waals surface area contributed by atoms with Gasteiger partial charge in [0.25, 0.3) is 10.1 Å². The largest absolute Gasteiger partial charge is 0.391 e. The zero-order chi connectivity index (χ0) is 22.6. The summed E-state index contributed by atoms with van der Waals surface area (Å²) in [6.45, 7) is 2.85. The second-order valence-electron chi connectivity index (χ2n) is 10.6. The average Bonchev–Trinajstić information content (AvgIpc) is 2.54. The Morgan fingerprint density at radius 2 is 1.31 bits per heavy atom. The molecule has 0 spiro atoms. The first-order valence-electron chi connectivity index (χ1n) is 11.2. The first kappa shape index (κ1) is 28.8. The van der Waals surface area contributed by atoms with Crippen molar-refractivity contribution in [2.24, 2.45) is 0 Å². The molecule has 0 amide bonds. The maximum atomic E-state index is 10.5. The van der Waals surface area contributed by atoms with Gasteiger partial charge < -0.3 is 19.4 Å². The molecule has 1 rings (SSSR count). The van der Waals surface area contributed by atoms with Gasteiger partial charge in [0.1, 0.15) is 5.75 Å². The lowest BCUT2D eigenvalue weighted by Gasteiger charge is -2.25. The van der Waals surface area contributed by atoms with Crippen LogP contribution in [-0.4, -0.2) is 107 Å². The van der Waals surface area contributed by atoms with Crippen molar-refractivity contribution in [3.8, 4) is 0 Å². The molecule has 0 aromatic carbocycles. The summed E-state index contributed by atoms with van der Waals surface area (Å²) in [4.78, 5) is 0. The van der Waals surface area contributed by atoms with E-state index in [2.05, 4.69) is 47.6 Å². The van der Waals surface area contributed by atoms with Crippen molar-refractivity contribution in [3.63, 3.8) is 0 Å². The number of unbranched alkanes of at least 4 members (excludes halogenated alkanes) is 3. The first-order chi connectivity index (χ1) is 13.2. The van der Waals surface area contributed by atoms with Gasteiger partial charge in [-0.3, -0.25) is 4.55 Å². The fourth-order valence-corrected chi connectivity index (χ4v) is 4.04.